The lowest BCUT2D eigenvalue weighted by molar-refractivity contribution is -0.123. The fourth-order valence-electron chi connectivity index (χ4n) is 6.50. The molecule has 0 aliphatic rings. The number of amides is 3. The van der Waals surface area contributed by atoms with Crippen LogP contribution in [0, 0.1) is 0 Å². The number of methoxy groups -OCH3 is 2. The van der Waals surface area contributed by atoms with E-state index in [0.29, 0.717) is 323 Å². The zero-order valence-corrected chi connectivity index (χ0v) is 54.7. The number of hydrogen-bond donors (Lipinski definition) is 4. The molecular formula is C59H118N4O27. The second kappa shape index (κ2) is 80.6. The summed E-state index contributed by atoms with van der Waals surface area (Å²) >= 11 is 0. The minimum atomic E-state index is -0.170. The molecule has 0 radical (unpaired) electrons. The van der Waals surface area contributed by atoms with Crippen molar-refractivity contribution < 1.29 is 128 Å². The summed E-state index contributed by atoms with van der Waals surface area (Å²) in [6.45, 7) is 23.7. The predicted molar refractivity (Wildman–Crippen MR) is 328 cm³/mol. The second-order valence-corrected chi connectivity index (χ2v) is 18.5. The lowest BCUT2D eigenvalue weighted by Gasteiger charge is -2.09. The van der Waals surface area contributed by atoms with Crippen molar-refractivity contribution in [1.29, 1.82) is 0 Å². The van der Waals surface area contributed by atoms with Crippen LogP contribution in [0.5, 0.6) is 0 Å². The number of carbonyl (C=O) groups is 3. The monoisotopic (exact) mass is 1310 g/mol. The van der Waals surface area contributed by atoms with Gasteiger partial charge in [0.15, 0.2) is 0 Å². The van der Waals surface area contributed by atoms with Crippen LogP contribution in [0.4, 0.5) is 0 Å². The van der Waals surface area contributed by atoms with Crippen LogP contribution in [0.25, 0.3) is 0 Å². The third kappa shape index (κ3) is 79.6. The van der Waals surface area contributed by atoms with Crippen LogP contribution in [-0.2, 0) is 128 Å². The maximum Gasteiger partial charge on any atom is 0.222 e. The molecule has 0 aliphatic carbocycles. The van der Waals surface area contributed by atoms with E-state index in [1.807, 2.05) is 0 Å². The van der Waals surface area contributed by atoms with Gasteiger partial charge in [-0.05, 0) is 0 Å². The molecule has 0 bridgehead atoms. The summed E-state index contributed by atoms with van der Waals surface area (Å²) in [5, 5.41) is 11.5. The van der Waals surface area contributed by atoms with Crippen LogP contribution in [-0.4, -0.2) is 369 Å². The van der Waals surface area contributed by atoms with Gasteiger partial charge in [-0.15, -0.1) is 0 Å². The highest BCUT2D eigenvalue weighted by Gasteiger charge is 2.06. The second-order valence-electron chi connectivity index (χ2n) is 18.5. The molecule has 31 nitrogen and oxygen atoms in total. The number of hydrogen-bond acceptors (Lipinski definition) is 28. The number of rotatable bonds is 81. The van der Waals surface area contributed by atoms with E-state index < -0.39 is 0 Å². The molecule has 0 atom stereocenters. The van der Waals surface area contributed by atoms with Gasteiger partial charge in [-0.1, -0.05) is 0 Å². The maximum atomic E-state index is 12.1. The summed E-state index contributed by atoms with van der Waals surface area (Å²) in [6, 6.07) is 0. The first kappa shape index (κ1) is 87.4. The van der Waals surface area contributed by atoms with E-state index in [9.17, 15) is 14.4 Å². The van der Waals surface area contributed by atoms with Gasteiger partial charge in [0.05, 0.1) is 304 Å². The van der Waals surface area contributed by atoms with Crippen molar-refractivity contribution in [2.75, 3.05) is 351 Å². The van der Waals surface area contributed by atoms with Gasteiger partial charge in [-0.2, -0.15) is 0 Å². The average molecular weight is 1320 g/mol. The van der Waals surface area contributed by atoms with E-state index in [1.54, 1.807) is 14.2 Å². The maximum absolute atomic E-state index is 12.1. The molecule has 0 aromatic rings. The zero-order chi connectivity index (χ0) is 64.7. The summed E-state index contributed by atoms with van der Waals surface area (Å²) in [7, 11) is 3.28. The van der Waals surface area contributed by atoms with Crippen LogP contribution in [0.1, 0.15) is 19.3 Å². The molecule has 31 heteroatoms. The smallest absolute Gasteiger partial charge is 0.222 e. The lowest BCUT2D eigenvalue weighted by atomic mass is 10.3. The van der Waals surface area contributed by atoms with E-state index in [0.717, 1.165) is 0 Å². The largest absolute Gasteiger partial charge is 0.382 e. The van der Waals surface area contributed by atoms with Gasteiger partial charge < -0.3 is 135 Å². The first-order valence-electron chi connectivity index (χ1n) is 31.8. The fourth-order valence-corrected chi connectivity index (χ4v) is 6.50. The summed E-state index contributed by atoms with van der Waals surface area (Å²) < 4.78 is 130. The van der Waals surface area contributed by atoms with Gasteiger partial charge in [-0.25, -0.2) is 0 Å². The standard InChI is InChI=1S/C59H118N4O27/c1-67-13-15-71-21-23-75-29-31-79-37-39-83-45-47-87-53-55-89-51-49-85-43-41-81-35-33-77-27-25-73-19-17-69-11-4-58(65)61-8-7-60-6-3-57(64)62-9-10-63-59(66)5-12-70-18-20-74-26-28-78-34-36-82-42-44-86-50-52-90-56-54-88-48-46-84-40-38-80-32-30-76-24-22-72-16-14-68-2/h60H,3-56H2,1-2H3,(H,61,65)(H,62,64)(H,63,66). The Kier molecular flexibility index (Phi) is 78.3. The van der Waals surface area contributed by atoms with Crippen molar-refractivity contribution >= 4 is 17.7 Å². The highest BCUT2D eigenvalue weighted by molar-refractivity contribution is 5.77. The lowest BCUT2D eigenvalue weighted by Crippen LogP contribution is -2.37. The van der Waals surface area contributed by atoms with Gasteiger partial charge in [-0.3, -0.25) is 14.4 Å². The highest BCUT2D eigenvalue weighted by Crippen LogP contribution is 1.92. The molecule has 3 amide bonds. The van der Waals surface area contributed by atoms with Crippen molar-refractivity contribution in [2.24, 2.45) is 0 Å². The Morgan fingerprint density at radius 2 is 0.322 bits per heavy atom. The Labute approximate surface area is 535 Å². The molecule has 0 aromatic heterocycles. The molecular weight excluding hydrogens is 1200 g/mol. The van der Waals surface area contributed by atoms with E-state index in [-0.39, 0.29) is 50.2 Å². The van der Waals surface area contributed by atoms with Gasteiger partial charge in [0, 0.05) is 66.2 Å². The Bertz CT molecular complexity index is 1420. The van der Waals surface area contributed by atoms with E-state index in [2.05, 4.69) is 21.3 Å². The Morgan fingerprint density at radius 3 is 0.500 bits per heavy atom. The molecule has 0 aromatic carbocycles. The third-order valence-corrected chi connectivity index (χ3v) is 11.2. The highest BCUT2D eigenvalue weighted by atomic mass is 16.6. The van der Waals surface area contributed by atoms with E-state index in [4.69, 9.17) is 114 Å². The van der Waals surface area contributed by atoms with Crippen molar-refractivity contribution in [3.63, 3.8) is 0 Å². The van der Waals surface area contributed by atoms with Crippen LogP contribution < -0.4 is 21.3 Å². The van der Waals surface area contributed by atoms with Crippen molar-refractivity contribution in [1.82, 2.24) is 21.3 Å². The number of carbonyl (C=O) groups excluding carboxylic acids is 3. The van der Waals surface area contributed by atoms with Crippen molar-refractivity contribution in [3.8, 4) is 0 Å². The number of ether oxygens (including phenoxy) is 24. The molecule has 90 heavy (non-hydrogen) atoms. The fraction of sp³-hybridized carbons (Fsp3) is 0.949. The summed E-state index contributed by atoms with van der Waals surface area (Å²) in [6.07, 6.45) is 0.696. The van der Waals surface area contributed by atoms with Crippen LogP contribution in [0.15, 0.2) is 0 Å². The summed E-state index contributed by atoms with van der Waals surface area (Å²) in [4.78, 5) is 36.3. The third-order valence-electron chi connectivity index (χ3n) is 11.2. The molecule has 0 fully saturated rings. The molecule has 0 aliphatic heterocycles. The van der Waals surface area contributed by atoms with E-state index in [1.165, 1.54) is 0 Å². The molecule has 0 spiro atoms. The minimum Gasteiger partial charge on any atom is -0.382 e. The van der Waals surface area contributed by atoms with Crippen molar-refractivity contribution in [3.05, 3.63) is 0 Å². The normalized spacial score (nSPS) is 11.5. The quantitative estimate of drug-likeness (QED) is 0.0517. The molecule has 4 N–H and O–H groups in total. The minimum absolute atomic E-state index is 0.125. The molecule has 0 saturated heterocycles. The van der Waals surface area contributed by atoms with Gasteiger partial charge in [0.2, 0.25) is 17.7 Å². The SMILES string of the molecule is COCCOCCOCCOCCOCCOCCOCCOCCOCCOCCOCCOCCC(=O)NCCNCCC(=O)NCCNC(=O)CCOCCOCCOCCOCCOCCOCCOCCOCCOCCOCCOCCOC. The Morgan fingerprint density at radius 1 is 0.178 bits per heavy atom. The Hall–Kier alpha value is -2.59. The summed E-state index contributed by atoms with van der Waals surface area (Å²) in [5.74, 6) is -0.436. The average Bonchev–Trinajstić information content (AvgIpc) is 3.56. The molecule has 0 heterocycles. The topological polar surface area (TPSA) is 321 Å². The zero-order valence-electron chi connectivity index (χ0n) is 54.7. The van der Waals surface area contributed by atoms with Crippen LogP contribution >= 0.6 is 0 Å². The Balaban J connectivity index is 3.26. The van der Waals surface area contributed by atoms with Gasteiger partial charge in [0.25, 0.3) is 0 Å². The molecule has 0 unspecified atom stereocenters. The number of nitrogens with one attached hydrogen (secondary N) is 4. The van der Waals surface area contributed by atoms with Crippen molar-refractivity contribution in [2.45, 2.75) is 19.3 Å². The predicted octanol–water partition coefficient (Wildman–Crippen LogP) is -1.25. The molecule has 0 rings (SSSR count). The molecule has 0 saturated carbocycles. The van der Waals surface area contributed by atoms with Gasteiger partial charge in [0.1, 0.15) is 0 Å². The van der Waals surface area contributed by atoms with Crippen LogP contribution in [0.2, 0.25) is 0 Å². The van der Waals surface area contributed by atoms with Gasteiger partial charge >= 0.3 is 0 Å². The van der Waals surface area contributed by atoms with Crippen LogP contribution in [0.3, 0.4) is 0 Å². The first-order valence-corrected chi connectivity index (χ1v) is 31.8. The van der Waals surface area contributed by atoms with E-state index >= 15 is 0 Å². The molecule has 536 valence electrons. The summed E-state index contributed by atoms with van der Waals surface area (Å²) in [5.41, 5.74) is 0. The first-order chi connectivity index (χ1) is 44.6.